The Morgan fingerprint density at radius 3 is 1.76 bits per heavy atom. The molecule has 1 aliphatic carbocycles. The Morgan fingerprint density at radius 2 is 1.25 bits per heavy atom. The molecule has 0 saturated heterocycles. The Balaban J connectivity index is 0.000000190. The molecule has 1 aliphatic rings. The van der Waals surface area contributed by atoms with Crippen molar-refractivity contribution in [2.75, 3.05) is 7.11 Å². The summed E-state index contributed by atoms with van der Waals surface area (Å²) in [5.41, 5.74) is 1.91. The molecule has 0 unspecified atom stereocenters. The quantitative estimate of drug-likeness (QED) is 0.165. The van der Waals surface area contributed by atoms with E-state index in [1.807, 2.05) is 32.0 Å². The minimum atomic E-state index is -4.66. The van der Waals surface area contributed by atoms with Gasteiger partial charge in [0.1, 0.15) is 5.75 Å². The van der Waals surface area contributed by atoms with Crippen LogP contribution in [0.5, 0.6) is 5.75 Å². The summed E-state index contributed by atoms with van der Waals surface area (Å²) in [6, 6.07) is 12.0. The van der Waals surface area contributed by atoms with Gasteiger partial charge in [0.2, 0.25) is 5.82 Å². The molecular weight excluding hydrogens is 686 g/mol. The molecule has 8 nitrogen and oxygen atoms in total. The molecule has 6 aromatic rings. The summed E-state index contributed by atoms with van der Waals surface area (Å²) < 4.78 is 111. The van der Waals surface area contributed by atoms with E-state index in [0.717, 1.165) is 59.8 Å². The van der Waals surface area contributed by atoms with E-state index in [-0.39, 0.29) is 17.0 Å². The van der Waals surface area contributed by atoms with E-state index in [0.29, 0.717) is 22.5 Å². The van der Waals surface area contributed by atoms with Gasteiger partial charge in [-0.15, -0.1) is 0 Å². The van der Waals surface area contributed by atoms with E-state index in [1.54, 1.807) is 19.5 Å². The van der Waals surface area contributed by atoms with Gasteiger partial charge in [-0.1, -0.05) is 38.1 Å². The molecule has 4 aromatic heterocycles. The monoisotopic (exact) mass is 715 g/mol. The summed E-state index contributed by atoms with van der Waals surface area (Å²) in [6.07, 6.45) is 0.426. The van der Waals surface area contributed by atoms with Gasteiger partial charge in [0.05, 0.1) is 36.6 Å². The van der Waals surface area contributed by atoms with Crippen LogP contribution in [0.3, 0.4) is 0 Å². The van der Waals surface area contributed by atoms with Crippen LogP contribution in [0.25, 0.3) is 33.5 Å². The highest BCUT2D eigenvalue weighted by Gasteiger charge is 2.45. The minimum absolute atomic E-state index is 0.00649. The lowest BCUT2D eigenvalue weighted by atomic mass is 9.95. The van der Waals surface area contributed by atoms with Crippen LogP contribution in [0.4, 0.5) is 35.1 Å². The topological polar surface area (TPSA) is 93.4 Å². The van der Waals surface area contributed by atoms with Crippen LogP contribution in [0.15, 0.2) is 79.6 Å². The van der Waals surface area contributed by atoms with E-state index in [2.05, 4.69) is 26.0 Å². The Bertz CT molecular complexity index is 2210. The lowest BCUT2D eigenvalue weighted by Crippen LogP contribution is -2.12. The molecule has 0 N–H and O–H groups in total. The van der Waals surface area contributed by atoms with Crippen molar-refractivity contribution in [2.24, 2.45) is 0 Å². The number of methoxy groups -OCH3 is 1. The van der Waals surface area contributed by atoms with Gasteiger partial charge in [-0.25, -0.2) is 19.9 Å². The van der Waals surface area contributed by atoms with Crippen LogP contribution in [-0.4, -0.2) is 35.8 Å². The third-order valence-corrected chi connectivity index (χ3v) is 7.98. The van der Waals surface area contributed by atoms with E-state index in [4.69, 9.17) is 4.74 Å². The normalized spacial score (nSPS) is 13.9. The fourth-order valence-electron chi connectivity index (χ4n) is 5.26. The maximum atomic E-state index is 13.8. The number of benzene rings is 2. The van der Waals surface area contributed by atoms with Crippen LogP contribution < -0.4 is 4.74 Å². The molecule has 0 atom stereocenters. The average Bonchev–Trinajstić information content (AvgIpc) is 3.57. The van der Waals surface area contributed by atoms with Gasteiger partial charge in [-0.2, -0.15) is 40.4 Å². The highest BCUT2D eigenvalue weighted by molar-refractivity contribution is 5.71. The predicted molar refractivity (Wildman–Crippen MR) is 171 cm³/mol. The average molecular weight is 716 g/mol. The van der Waals surface area contributed by atoms with Crippen LogP contribution in [-0.2, 0) is 23.7 Å². The molecular formula is C35H29F8N7O. The molecule has 0 bridgehead atoms. The summed E-state index contributed by atoms with van der Waals surface area (Å²) in [4.78, 5) is 15.1. The Morgan fingerprint density at radius 1 is 0.706 bits per heavy atom. The van der Waals surface area contributed by atoms with Gasteiger partial charge in [0.15, 0.2) is 17.1 Å². The zero-order chi connectivity index (χ0) is 37.4. The highest BCUT2D eigenvalue weighted by atomic mass is 19.4. The summed E-state index contributed by atoms with van der Waals surface area (Å²) in [7, 11) is 1.54. The fraction of sp³-hybridized carbons (Fsp3) is 0.286. The van der Waals surface area contributed by atoms with E-state index < -0.39 is 35.1 Å². The molecule has 266 valence electrons. The number of rotatable bonds is 5. The number of nitriles is 1. The van der Waals surface area contributed by atoms with Crippen molar-refractivity contribution in [1.82, 2.24) is 28.7 Å². The van der Waals surface area contributed by atoms with Gasteiger partial charge in [0.25, 0.3) is 0 Å². The maximum absolute atomic E-state index is 13.8. The molecule has 1 fully saturated rings. The van der Waals surface area contributed by atoms with Crippen LogP contribution in [0, 0.1) is 11.3 Å². The second kappa shape index (κ2) is 13.6. The zero-order valence-corrected chi connectivity index (χ0v) is 27.5. The summed E-state index contributed by atoms with van der Waals surface area (Å²) in [6.45, 7) is 4.81. The molecule has 0 aliphatic heterocycles. The van der Waals surface area contributed by atoms with E-state index in [9.17, 15) is 40.4 Å². The van der Waals surface area contributed by atoms with Crippen molar-refractivity contribution >= 4 is 11.3 Å². The van der Waals surface area contributed by atoms with Gasteiger partial charge in [-0.3, -0.25) is 8.80 Å². The second-order valence-electron chi connectivity index (χ2n) is 11.4. The molecule has 16 heteroatoms. The smallest absolute Gasteiger partial charge is 0.450 e. The molecule has 0 radical (unpaired) electrons. The first kappa shape index (κ1) is 36.7. The maximum Gasteiger partial charge on any atom is 0.450 e. The predicted octanol–water partition coefficient (Wildman–Crippen LogP) is 9.53. The number of nitrogens with zero attached hydrogens (tertiary/aromatic N) is 7. The van der Waals surface area contributed by atoms with Crippen molar-refractivity contribution in [2.45, 2.75) is 57.3 Å². The number of alkyl halides is 8. The Labute approximate surface area is 286 Å². The molecule has 4 heterocycles. The van der Waals surface area contributed by atoms with Gasteiger partial charge < -0.3 is 4.74 Å². The molecule has 0 amide bonds. The molecule has 2 aromatic carbocycles. The number of halogens is 8. The fourth-order valence-corrected chi connectivity index (χ4v) is 5.26. The standard InChI is InChI=1S/C19H16F2N4O.C14H7F6N3.C2H6/c1-18(20,21)17-24-9-16-23-8-12(10-25(16)17)14-4-3-13(7-15(14)26-2)19(11-22)5-6-19;15-13(16,17)10-3-1-8(2-4-10)9-5-21-11-6-22-12(14(18,19)20)23(11)7-9;1-2/h3-4,7-10H,5-6H2,1-2H3;1-7H;1-2H3. The van der Waals surface area contributed by atoms with Crippen LogP contribution in [0.2, 0.25) is 0 Å². The largest absolute Gasteiger partial charge is 0.496 e. The van der Waals surface area contributed by atoms with Crippen LogP contribution >= 0.6 is 0 Å². The molecule has 0 spiro atoms. The highest BCUT2D eigenvalue weighted by Crippen LogP contribution is 2.49. The van der Waals surface area contributed by atoms with Crippen molar-refractivity contribution in [1.29, 1.82) is 5.26 Å². The van der Waals surface area contributed by atoms with E-state index in [1.165, 1.54) is 28.9 Å². The molecule has 1 saturated carbocycles. The first-order valence-corrected chi connectivity index (χ1v) is 15.4. The number of imidazole rings is 2. The third kappa shape index (κ3) is 7.47. The number of ether oxygens (including phenoxy) is 1. The third-order valence-electron chi connectivity index (χ3n) is 7.98. The number of aromatic nitrogens is 6. The zero-order valence-electron chi connectivity index (χ0n) is 27.5. The lowest BCUT2D eigenvalue weighted by Gasteiger charge is -2.14. The van der Waals surface area contributed by atoms with Crippen molar-refractivity contribution in [3.8, 4) is 34.1 Å². The molecule has 7 rings (SSSR count). The summed E-state index contributed by atoms with van der Waals surface area (Å²) >= 11 is 0. The Hall–Kier alpha value is -5.59. The van der Waals surface area contributed by atoms with Gasteiger partial charge >= 0.3 is 18.3 Å². The number of fused-ring (bicyclic) bond motifs is 2. The number of hydrogen-bond donors (Lipinski definition) is 0. The van der Waals surface area contributed by atoms with Crippen LogP contribution in [0.1, 0.15) is 56.4 Å². The SMILES string of the molecule is CC.COc1cc(C2(C#N)CC2)ccc1-c1cnc2cnc(C(C)(F)F)n2c1.FC(F)(F)c1ccc(-c2cnc3cnc(C(F)(F)F)n3c2)cc1. The summed E-state index contributed by atoms with van der Waals surface area (Å²) in [5.74, 6) is -4.01. The lowest BCUT2D eigenvalue weighted by molar-refractivity contribution is -0.145. The first-order valence-electron chi connectivity index (χ1n) is 15.4. The molecule has 51 heavy (non-hydrogen) atoms. The second-order valence-corrected chi connectivity index (χ2v) is 11.4. The van der Waals surface area contributed by atoms with Crippen molar-refractivity contribution in [3.05, 3.63) is 102 Å². The Kier molecular flexibility index (Phi) is 9.79. The van der Waals surface area contributed by atoms with Gasteiger partial charge in [-0.05, 0) is 42.2 Å². The minimum Gasteiger partial charge on any atom is -0.496 e. The summed E-state index contributed by atoms with van der Waals surface area (Å²) in [5, 5.41) is 9.38. The van der Waals surface area contributed by atoms with Gasteiger partial charge in [0, 0.05) is 48.4 Å². The first-order chi connectivity index (χ1) is 24.0. The number of hydrogen-bond acceptors (Lipinski definition) is 6. The van der Waals surface area contributed by atoms with Crippen molar-refractivity contribution in [3.63, 3.8) is 0 Å². The van der Waals surface area contributed by atoms with Crippen molar-refractivity contribution < 1.29 is 39.9 Å². The van der Waals surface area contributed by atoms with E-state index >= 15 is 0 Å².